The largest absolute Gasteiger partial charge is 0.350 e. The summed E-state index contributed by atoms with van der Waals surface area (Å²) in [4.78, 5) is 26.3. The molecular formula is C18H25ClN2O2. The van der Waals surface area contributed by atoms with Crippen LogP contribution in [0.4, 0.5) is 0 Å². The molecule has 1 saturated carbocycles. The van der Waals surface area contributed by atoms with Crippen LogP contribution in [0, 0.1) is 5.92 Å². The van der Waals surface area contributed by atoms with Gasteiger partial charge in [0.25, 0.3) is 0 Å². The van der Waals surface area contributed by atoms with Gasteiger partial charge in [-0.1, -0.05) is 43.0 Å². The predicted molar refractivity (Wildman–Crippen MR) is 92.1 cm³/mol. The minimum absolute atomic E-state index is 0.104. The number of amides is 2. The van der Waals surface area contributed by atoms with Crippen LogP contribution in [-0.4, -0.2) is 29.8 Å². The highest BCUT2D eigenvalue weighted by atomic mass is 35.5. The van der Waals surface area contributed by atoms with E-state index in [1.54, 1.807) is 17.0 Å². The fourth-order valence-electron chi connectivity index (χ4n) is 2.99. The van der Waals surface area contributed by atoms with Gasteiger partial charge in [0.05, 0.1) is 6.54 Å². The van der Waals surface area contributed by atoms with Gasteiger partial charge < -0.3 is 10.2 Å². The Bertz CT molecular complexity index is 524. The van der Waals surface area contributed by atoms with Crippen molar-refractivity contribution >= 4 is 23.4 Å². The van der Waals surface area contributed by atoms with Crippen molar-refractivity contribution in [3.8, 4) is 0 Å². The third kappa shape index (κ3) is 5.54. The van der Waals surface area contributed by atoms with E-state index in [9.17, 15) is 9.59 Å². The lowest BCUT2D eigenvalue weighted by atomic mass is 9.88. The van der Waals surface area contributed by atoms with Gasteiger partial charge in [0.15, 0.2) is 0 Å². The summed E-state index contributed by atoms with van der Waals surface area (Å²) in [6, 6.07) is 7.36. The van der Waals surface area contributed by atoms with Crippen molar-refractivity contribution in [2.45, 2.75) is 45.6 Å². The summed E-state index contributed by atoms with van der Waals surface area (Å²) in [5.74, 6) is 0.118. The lowest BCUT2D eigenvalue weighted by molar-refractivity contribution is -0.140. The Kier molecular flexibility index (Phi) is 6.90. The third-order valence-electron chi connectivity index (χ3n) is 4.39. The van der Waals surface area contributed by atoms with Gasteiger partial charge in [0, 0.05) is 24.0 Å². The quantitative estimate of drug-likeness (QED) is 0.865. The first-order valence-electron chi connectivity index (χ1n) is 8.40. The van der Waals surface area contributed by atoms with Crippen LogP contribution in [-0.2, 0) is 16.1 Å². The number of hydrogen-bond acceptors (Lipinski definition) is 2. The zero-order valence-electron chi connectivity index (χ0n) is 13.7. The first kappa shape index (κ1) is 17.8. The Balaban J connectivity index is 1.81. The Morgan fingerprint density at radius 2 is 1.83 bits per heavy atom. The van der Waals surface area contributed by atoms with Crippen LogP contribution >= 0.6 is 11.6 Å². The molecule has 2 amide bonds. The van der Waals surface area contributed by atoms with E-state index in [4.69, 9.17) is 11.6 Å². The molecule has 1 fully saturated rings. The highest BCUT2D eigenvalue weighted by Gasteiger charge is 2.26. The fraction of sp³-hybridized carbons (Fsp3) is 0.556. The molecule has 0 spiro atoms. The van der Waals surface area contributed by atoms with Crippen LogP contribution in [0.15, 0.2) is 24.3 Å². The Morgan fingerprint density at radius 3 is 2.43 bits per heavy atom. The summed E-state index contributed by atoms with van der Waals surface area (Å²) in [6.45, 7) is 3.08. The van der Waals surface area contributed by atoms with Crippen molar-refractivity contribution in [2.24, 2.45) is 5.92 Å². The molecule has 0 aromatic heterocycles. The second kappa shape index (κ2) is 8.92. The van der Waals surface area contributed by atoms with E-state index in [2.05, 4.69) is 5.32 Å². The van der Waals surface area contributed by atoms with Crippen molar-refractivity contribution in [2.75, 3.05) is 13.1 Å². The predicted octanol–water partition coefficient (Wildman–Crippen LogP) is 3.39. The van der Waals surface area contributed by atoms with Gasteiger partial charge in [-0.15, -0.1) is 0 Å². The standard InChI is InChI=1S/C18H25ClN2O2/c1-2-21(18(23)15-6-4-3-5-7-15)13-17(22)20-12-14-8-10-16(19)11-9-14/h8-11,15H,2-7,12-13H2,1H3,(H,20,22). The molecule has 1 aliphatic rings. The van der Waals surface area contributed by atoms with Crippen LogP contribution < -0.4 is 5.32 Å². The van der Waals surface area contributed by atoms with Crippen LogP contribution in [0.5, 0.6) is 0 Å². The van der Waals surface area contributed by atoms with Gasteiger partial charge in [-0.2, -0.15) is 0 Å². The van der Waals surface area contributed by atoms with Crippen molar-refractivity contribution in [1.29, 1.82) is 0 Å². The molecule has 5 heteroatoms. The topological polar surface area (TPSA) is 49.4 Å². The highest BCUT2D eigenvalue weighted by molar-refractivity contribution is 6.30. The number of likely N-dealkylation sites (N-methyl/N-ethyl adjacent to an activating group) is 1. The molecule has 0 aliphatic heterocycles. The number of rotatable bonds is 6. The van der Waals surface area contributed by atoms with Crippen molar-refractivity contribution < 1.29 is 9.59 Å². The average Bonchev–Trinajstić information content (AvgIpc) is 2.59. The lowest BCUT2D eigenvalue weighted by Crippen LogP contribution is -2.43. The van der Waals surface area contributed by atoms with Crippen LogP contribution in [0.1, 0.15) is 44.6 Å². The average molecular weight is 337 g/mol. The SMILES string of the molecule is CCN(CC(=O)NCc1ccc(Cl)cc1)C(=O)C1CCCCC1. The van der Waals surface area contributed by atoms with E-state index in [-0.39, 0.29) is 24.3 Å². The summed E-state index contributed by atoms with van der Waals surface area (Å²) < 4.78 is 0. The molecule has 0 unspecified atom stereocenters. The number of carbonyl (C=O) groups excluding carboxylic acids is 2. The van der Waals surface area contributed by atoms with E-state index in [1.807, 2.05) is 19.1 Å². The molecule has 0 saturated heterocycles. The van der Waals surface area contributed by atoms with Crippen LogP contribution in [0.2, 0.25) is 5.02 Å². The van der Waals surface area contributed by atoms with Gasteiger partial charge in [-0.25, -0.2) is 0 Å². The van der Waals surface area contributed by atoms with E-state index in [0.717, 1.165) is 31.2 Å². The Labute approximate surface area is 143 Å². The minimum atomic E-state index is -0.119. The van der Waals surface area contributed by atoms with Gasteiger partial charge in [0.2, 0.25) is 11.8 Å². The number of halogens is 1. The second-order valence-electron chi connectivity index (χ2n) is 6.09. The smallest absolute Gasteiger partial charge is 0.239 e. The van der Waals surface area contributed by atoms with Gasteiger partial charge in [0.1, 0.15) is 0 Å². The molecule has 23 heavy (non-hydrogen) atoms. The molecule has 0 heterocycles. The number of hydrogen-bond donors (Lipinski definition) is 1. The summed E-state index contributed by atoms with van der Waals surface area (Å²) in [5, 5.41) is 3.54. The minimum Gasteiger partial charge on any atom is -0.350 e. The maximum absolute atomic E-state index is 12.5. The second-order valence-corrected chi connectivity index (χ2v) is 6.53. The van der Waals surface area contributed by atoms with Gasteiger partial charge in [-0.3, -0.25) is 9.59 Å². The molecule has 2 rings (SSSR count). The molecule has 1 aromatic rings. The van der Waals surface area contributed by atoms with Crippen molar-refractivity contribution in [3.63, 3.8) is 0 Å². The monoisotopic (exact) mass is 336 g/mol. The Hall–Kier alpha value is -1.55. The highest BCUT2D eigenvalue weighted by Crippen LogP contribution is 2.25. The summed E-state index contributed by atoms with van der Waals surface area (Å²) in [7, 11) is 0. The molecule has 126 valence electrons. The first-order valence-corrected chi connectivity index (χ1v) is 8.78. The summed E-state index contributed by atoms with van der Waals surface area (Å²) in [6.07, 6.45) is 5.38. The third-order valence-corrected chi connectivity index (χ3v) is 4.64. The molecule has 0 atom stereocenters. The maximum atomic E-state index is 12.5. The first-order chi connectivity index (χ1) is 11.1. The van der Waals surface area contributed by atoms with E-state index >= 15 is 0 Å². The van der Waals surface area contributed by atoms with E-state index in [0.29, 0.717) is 18.1 Å². The van der Waals surface area contributed by atoms with Crippen molar-refractivity contribution in [1.82, 2.24) is 10.2 Å². The van der Waals surface area contributed by atoms with Crippen LogP contribution in [0.25, 0.3) is 0 Å². The number of nitrogens with one attached hydrogen (secondary N) is 1. The van der Waals surface area contributed by atoms with E-state index < -0.39 is 0 Å². The lowest BCUT2D eigenvalue weighted by Gasteiger charge is -2.28. The number of nitrogens with zero attached hydrogens (tertiary/aromatic N) is 1. The number of carbonyl (C=O) groups is 2. The number of benzene rings is 1. The molecule has 0 radical (unpaired) electrons. The fourth-order valence-corrected chi connectivity index (χ4v) is 3.11. The van der Waals surface area contributed by atoms with Crippen molar-refractivity contribution in [3.05, 3.63) is 34.9 Å². The molecular weight excluding hydrogens is 312 g/mol. The zero-order valence-corrected chi connectivity index (χ0v) is 14.4. The van der Waals surface area contributed by atoms with Gasteiger partial charge in [-0.05, 0) is 37.5 Å². The van der Waals surface area contributed by atoms with Gasteiger partial charge >= 0.3 is 0 Å². The Morgan fingerprint density at radius 1 is 1.17 bits per heavy atom. The molecule has 1 aliphatic carbocycles. The summed E-state index contributed by atoms with van der Waals surface area (Å²) >= 11 is 5.84. The summed E-state index contributed by atoms with van der Waals surface area (Å²) in [5.41, 5.74) is 0.990. The van der Waals surface area contributed by atoms with Crippen LogP contribution in [0.3, 0.4) is 0 Å². The zero-order chi connectivity index (χ0) is 16.7. The molecule has 0 bridgehead atoms. The van der Waals surface area contributed by atoms with E-state index in [1.165, 1.54) is 6.42 Å². The molecule has 1 N–H and O–H groups in total. The molecule has 1 aromatic carbocycles. The normalized spacial score (nSPS) is 15.2. The maximum Gasteiger partial charge on any atom is 0.239 e. The molecule has 4 nitrogen and oxygen atoms in total.